The van der Waals surface area contributed by atoms with Gasteiger partial charge in [-0.05, 0) is 57.8 Å². The van der Waals surface area contributed by atoms with Gasteiger partial charge < -0.3 is 20.3 Å². The molecule has 2 unspecified atom stereocenters. The minimum absolute atomic E-state index is 0.0133. The maximum atomic E-state index is 12.5. The summed E-state index contributed by atoms with van der Waals surface area (Å²) in [7, 11) is 0. The molecule has 450 valence electrons. The van der Waals surface area contributed by atoms with E-state index in [1.807, 2.05) is 0 Å². The molecule has 0 aromatic carbocycles. The second-order valence-corrected chi connectivity index (χ2v) is 23.9. The molecule has 0 bridgehead atoms. The molecule has 1 amide bonds. The van der Waals surface area contributed by atoms with Crippen LogP contribution in [-0.2, 0) is 14.3 Å². The number of unbranched alkanes of at least 4 members (excludes halogenated alkanes) is 50. The maximum absolute atomic E-state index is 12.5. The van der Waals surface area contributed by atoms with Crippen molar-refractivity contribution >= 4 is 11.9 Å². The van der Waals surface area contributed by atoms with Gasteiger partial charge in [-0.1, -0.05) is 340 Å². The largest absolute Gasteiger partial charge is 0.466 e. The lowest BCUT2D eigenvalue weighted by Crippen LogP contribution is -2.45. The number of ether oxygens (including phenoxy) is 1. The number of esters is 1. The molecule has 0 fully saturated rings. The van der Waals surface area contributed by atoms with Crippen LogP contribution >= 0.6 is 0 Å². The molecule has 6 nitrogen and oxygen atoms in total. The van der Waals surface area contributed by atoms with Crippen LogP contribution in [0.1, 0.15) is 386 Å². The van der Waals surface area contributed by atoms with Gasteiger partial charge in [0.2, 0.25) is 5.91 Å². The van der Waals surface area contributed by atoms with Gasteiger partial charge in [-0.15, -0.1) is 0 Å². The van der Waals surface area contributed by atoms with Gasteiger partial charge in [0, 0.05) is 12.8 Å². The first-order valence-electron chi connectivity index (χ1n) is 34.6. The number of carbonyl (C=O) groups is 2. The summed E-state index contributed by atoms with van der Waals surface area (Å²) in [6.07, 6.45) is 82.2. The Morgan fingerprint density at radius 1 is 0.368 bits per heavy atom. The van der Waals surface area contributed by atoms with Crippen molar-refractivity contribution in [2.45, 2.75) is 398 Å². The molecule has 0 heterocycles. The average molecular weight is 1070 g/mol. The third kappa shape index (κ3) is 61.6. The molecule has 0 rings (SSSR count). The van der Waals surface area contributed by atoms with Crippen LogP contribution in [0, 0.1) is 0 Å². The Labute approximate surface area is 475 Å². The van der Waals surface area contributed by atoms with Crippen LogP contribution in [0.25, 0.3) is 0 Å². The van der Waals surface area contributed by atoms with Crippen LogP contribution in [-0.4, -0.2) is 47.4 Å². The van der Waals surface area contributed by atoms with E-state index in [-0.39, 0.29) is 18.5 Å². The van der Waals surface area contributed by atoms with Gasteiger partial charge in [0.05, 0.1) is 25.4 Å². The van der Waals surface area contributed by atoms with Crippen molar-refractivity contribution in [1.82, 2.24) is 5.32 Å². The fourth-order valence-corrected chi connectivity index (χ4v) is 11.0. The smallest absolute Gasteiger partial charge is 0.305 e. The van der Waals surface area contributed by atoms with Crippen molar-refractivity contribution in [3.63, 3.8) is 0 Å². The summed E-state index contributed by atoms with van der Waals surface area (Å²) >= 11 is 0. The number of allylic oxidation sites excluding steroid dienone is 4. The summed E-state index contributed by atoms with van der Waals surface area (Å²) in [4.78, 5) is 24.5. The van der Waals surface area contributed by atoms with Gasteiger partial charge >= 0.3 is 5.97 Å². The highest BCUT2D eigenvalue weighted by molar-refractivity contribution is 5.76. The van der Waals surface area contributed by atoms with E-state index in [0.29, 0.717) is 25.9 Å². The van der Waals surface area contributed by atoms with Crippen molar-refractivity contribution in [3.05, 3.63) is 24.3 Å². The molecule has 0 aliphatic carbocycles. The fraction of sp³-hybridized carbons (Fsp3) is 0.914. The van der Waals surface area contributed by atoms with Gasteiger partial charge in [0.1, 0.15) is 0 Å². The predicted octanol–water partition coefficient (Wildman–Crippen LogP) is 22.1. The predicted molar refractivity (Wildman–Crippen MR) is 333 cm³/mol. The molecule has 0 radical (unpaired) electrons. The second kappa shape index (κ2) is 65.9. The molecule has 76 heavy (non-hydrogen) atoms. The van der Waals surface area contributed by atoms with Crippen molar-refractivity contribution in [2.24, 2.45) is 0 Å². The van der Waals surface area contributed by atoms with Crippen LogP contribution in [0.5, 0.6) is 0 Å². The molecule has 0 aliphatic rings. The Morgan fingerprint density at radius 3 is 1.00 bits per heavy atom. The van der Waals surface area contributed by atoms with Crippen LogP contribution in [0.3, 0.4) is 0 Å². The fourth-order valence-electron chi connectivity index (χ4n) is 11.0. The Bertz CT molecular complexity index is 1190. The molecule has 6 heteroatoms. The second-order valence-electron chi connectivity index (χ2n) is 23.9. The zero-order valence-corrected chi connectivity index (χ0v) is 51.5. The maximum Gasteiger partial charge on any atom is 0.305 e. The molecule has 0 saturated heterocycles. The summed E-state index contributed by atoms with van der Waals surface area (Å²) in [5.74, 6) is -0.0190. The van der Waals surface area contributed by atoms with Crippen LogP contribution in [0.2, 0.25) is 0 Å². The number of carbonyl (C=O) groups excluding carboxylic acids is 2. The monoisotopic (exact) mass is 1070 g/mol. The highest BCUT2D eigenvalue weighted by Crippen LogP contribution is 2.19. The van der Waals surface area contributed by atoms with Gasteiger partial charge in [-0.25, -0.2) is 0 Å². The Kier molecular flexibility index (Phi) is 64.4. The van der Waals surface area contributed by atoms with Gasteiger partial charge in [-0.3, -0.25) is 9.59 Å². The van der Waals surface area contributed by atoms with E-state index in [0.717, 1.165) is 44.9 Å². The van der Waals surface area contributed by atoms with Gasteiger partial charge in [0.15, 0.2) is 0 Å². The standard InChI is InChI=1S/C70H135NO5/c1-3-5-7-9-11-13-15-17-18-19-33-36-39-42-46-50-54-58-62-68(73)67(66-72)71-69(74)63-59-55-51-47-43-40-37-34-31-29-27-25-23-21-20-22-24-26-28-30-32-35-38-41-45-49-53-57-61-65-76-70(75)64-60-56-52-48-44-16-14-12-10-8-6-4-2/h20,22,26,28,67-68,72-73H,3-19,21,23-25,27,29-66H2,1-2H3,(H,71,74)/b22-20-,28-26-. The Hall–Kier alpha value is -1.66. The number of rotatable bonds is 65. The molecule has 0 spiro atoms. The summed E-state index contributed by atoms with van der Waals surface area (Å²) in [5, 5.41) is 23.4. The van der Waals surface area contributed by atoms with Crippen molar-refractivity contribution in [2.75, 3.05) is 13.2 Å². The first-order chi connectivity index (χ1) is 37.5. The minimum Gasteiger partial charge on any atom is -0.466 e. The zero-order valence-electron chi connectivity index (χ0n) is 51.5. The summed E-state index contributed by atoms with van der Waals surface area (Å²) in [5.41, 5.74) is 0. The van der Waals surface area contributed by atoms with E-state index in [2.05, 4.69) is 43.5 Å². The van der Waals surface area contributed by atoms with Gasteiger partial charge in [-0.2, -0.15) is 0 Å². The number of aliphatic hydroxyl groups is 2. The Morgan fingerprint density at radius 2 is 0.658 bits per heavy atom. The van der Waals surface area contributed by atoms with E-state index < -0.39 is 12.1 Å². The number of amides is 1. The van der Waals surface area contributed by atoms with Crippen LogP contribution in [0.15, 0.2) is 24.3 Å². The van der Waals surface area contributed by atoms with E-state index in [1.54, 1.807) is 0 Å². The SMILES string of the molecule is CCCCCCCCCCCCCCCCCCCCC(O)C(CO)NC(=O)CCCCCCCCCCCCCCC/C=C\C/C=C\CCCCCCCCCCCOC(=O)CCCCCCCCCCCCCC. The lowest BCUT2D eigenvalue weighted by atomic mass is 10.0. The van der Waals surface area contributed by atoms with Crippen LogP contribution < -0.4 is 5.32 Å². The molecule has 0 aliphatic heterocycles. The number of hydrogen-bond acceptors (Lipinski definition) is 5. The van der Waals surface area contributed by atoms with E-state index >= 15 is 0 Å². The highest BCUT2D eigenvalue weighted by Gasteiger charge is 2.20. The van der Waals surface area contributed by atoms with Crippen molar-refractivity contribution in [3.8, 4) is 0 Å². The number of hydrogen-bond donors (Lipinski definition) is 3. The first kappa shape index (κ1) is 74.3. The average Bonchev–Trinajstić information content (AvgIpc) is 3.42. The Balaban J connectivity index is 3.40. The topological polar surface area (TPSA) is 95.9 Å². The van der Waals surface area contributed by atoms with Crippen molar-refractivity contribution < 1.29 is 24.5 Å². The molecule has 0 aromatic rings. The summed E-state index contributed by atoms with van der Waals surface area (Å²) < 4.78 is 5.48. The lowest BCUT2D eigenvalue weighted by Gasteiger charge is -2.22. The van der Waals surface area contributed by atoms with Gasteiger partial charge in [0.25, 0.3) is 0 Å². The third-order valence-corrected chi connectivity index (χ3v) is 16.3. The van der Waals surface area contributed by atoms with E-state index in [1.165, 1.54) is 308 Å². The zero-order chi connectivity index (χ0) is 55.0. The molecular weight excluding hydrogens is 935 g/mol. The first-order valence-corrected chi connectivity index (χ1v) is 34.6. The number of nitrogens with one attached hydrogen (secondary N) is 1. The number of aliphatic hydroxyl groups excluding tert-OH is 2. The lowest BCUT2D eigenvalue weighted by molar-refractivity contribution is -0.143. The molecular formula is C70H135NO5. The molecule has 3 N–H and O–H groups in total. The van der Waals surface area contributed by atoms with Crippen molar-refractivity contribution in [1.29, 1.82) is 0 Å². The summed E-state index contributed by atoms with van der Waals surface area (Å²) in [6.45, 7) is 4.98. The van der Waals surface area contributed by atoms with Crippen LogP contribution in [0.4, 0.5) is 0 Å². The normalized spacial score (nSPS) is 12.6. The molecule has 0 saturated carbocycles. The quantitative estimate of drug-likeness (QED) is 0.0320. The van der Waals surface area contributed by atoms with E-state index in [9.17, 15) is 19.8 Å². The summed E-state index contributed by atoms with van der Waals surface area (Å²) in [6, 6.07) is -0.542. The minimum atomic E-state index is -0.665. The molecule has 0 aromatic heterocycles. The third-order valence-electron chi connectivity index (χ3n) is 16.3. The highest BCUT2D eigenvalue weighted by atomic mass is 16.5. The van der Waals surface area contributed by atoms with E-state index in [4.69, 9.17) is 4.74 Å². The molecule has 2 atom stereocenters.